The lowest BCUT2D eigenvalue weighted by atomic mass is 9.69. The predicted molar refractivity (Wildman–Crippen MR) is 66.9 cm³/mol. The van der Waals surface area contributed by atoms with Crippen LogP contribution in [0.3, 0.4) is 0 Å². The second kappa shape index (κ2) is 5.41. The number of hydrogen-bond acceptors (Lipinski definition) is 2. The van der Waals surface area contributed by atoms with Crippen LogP contribution in [-0.4, -0.2) is 12.9 Å². The fourth-order valence-electron chi connectivity index (χ4n) is 2.93. The number of ether oxygens (including phenoxy) is 1. The third kappa shape index (κ3) is 3.21. The van der Waals surface area contributed by atoms with E-state index in [4.69, 9.17) is 5.73 Å². The van der Waals surface area contributed by atoms with Crippen LogP contribution in [0.15, 0.2) is 24.3 Å². The fraction of sp³-hybridized carbons (Fsp3) is 0.571. The van der Waals surface area contributed by atoms with Gasteiger partial charge < -0.3 is 10.5 Å². The maximum absolute atomic E-state index is 12.5. The van der Waals surface area contributed by atoms with Crippen LogP contribution in [0.5, 0.6) is 5.75 Å². The van der Waals surface area contributed by atoms with Crippen molar-refractivity contribution in [2.75, 3.05) is 6.54 Å². The minimum absolute atomic E-state index is 0.109. The molecule has 0 saturated heterocycles. The molecule has 1 aromatic rings. The predicted octanol–water partition coefficient (Wildman–Crippen LogP) is 3.75. The second-order valence-electron chi connectivity index (χ2n) is 5.09. The first-order valence-electron chi connectivity index (χ1n) is 6.52. The van der Waals surface area contributed by atoms with E-state index in [2.05, 4.69) is 4.74 Å². The quantitative estimate of drug-likeness (QED) is 0.910. The summed E-state index contributed by atoms with van der Waals surface area (Å²) >= 11 is 0. The van der Waals surface area contributed by atoms with Gasteiger partial charge >= 0.3 is 6.36 Å². The van der Waals surface area contributed by atoms with Crippen LogP contribution in [0.2, 0.25) is 0 Å². The molecule has 19 heavy (non-hydrogen) atoms. The van der Waals surface area contributed by atoms with Crippen molar-refractivity contribution in [3.05, 3.63) is 29.8 Å². The summed E-state index contributed by atoms with van der Waals surface area (Å²) in [5.74, 6) is -0.109. The van der Waals surface area contributed by atoms with Crippen LogP contribution in [0.1, 0.15) is 37.7 Å². The van der Waals surface area contributed by atoms with Crippen molar-refractivity contribution in [3.8, 4) is 5.75 Å². The van der Waals surface area contributed by atoms with Gasteiger partial charge in [0.1, 0.15) is 5.75 Å². The standard InChI is InChI=1S/C14H18F3NO/c15-14(16,17)19-12-7-3-2-6-11(12)13(10-18)8-4-1-5-9-13/h2-3,6-7H,1,4-5,8-10,18H2. The summed E-state index contributed by atoms with van der Waals surface area (Å²) < 4.78 is 41.5. The number of hydrogen-bond donors (Lipinski definition) is 1. The van der Waals surface area contributed by atoms with E-state index in [1.165, 1.54) is 6.07 Å². The maximum atomic E-state index is 12.5. The molecule has 2 rings (SSSR count). The van der Waals surface area contributed by atoms with Gasteiger partial charge in [-0.05, 0) is 18.9 Å². The van der Waals surface area contributed by atoms with Gasteiger partial charge in [0.25, 0.3) is 0 Å². The Balaban J connectivity index is 2.37. The van der Waals surface area contributed by atoms with Gasteiger partial charge in [-0.1, -0.05) is 37.5 Å². The van der Waals surface area contributed by atoms with E-state index in [1.807, 2.05) is 0 Å². The molecule has 0 spiro atoms. The van der Waals surface area contributed by atoms with Gasteiger partial charge in [0.05, 0.1) is 0 Å². The molecule has 106 valence electrons. The Hall–Kier alpha value is -1.23. The smallest absolute Gasteiger partial charge is 0.405 e. The van der Waals surface area contributed by atoms with Crippen LogP contribution < -0.4 is 10.5 Å². The molecule has 0 radical (unpaired) electrons. The SMILES string of the molecule is NCC1(c2ccccc2OC(F)(F)F)CCCCC1. The summed E-state index contributed by atoms with van der Waals surface area (Å²) in [5, 5.41) is 0. The molecule has 1 fully saturated rings. The highest BCUT2D eigenvalue weighted by atomic mass is 19.4. The largest absolute Gasteiger partial charge is 0.573 e. The zero-order chi connectivity index (χ0) is 13.9. The highest BCUT2D eigenvalue weighted by Crippen LogP contribution is 2.43. The van der Waals surface area contributed by atoms with Gasteiger partial charge in [0.15, 0.2) is 0 Å². The molecule has 0 atom stereocenters. The Morgan fingerprint density at radius 3 is 2.32 bits per heavy atom. The summed E-state index contributed by atoms with van der Waals surface area (Å²) in [6.45, 7) is 0.352. The molecule has 1 aliphatic carbocycles. The third-order valence-electron chi connectivity index (χ3n) is 3.89. The van der Waals surface area contributed by atoms with Gasteiger partial charge in [-0.2, -0.15) is 0 Å². The lowest BCUT2D eigenvalue weighted by molar-refractivity contribution is -0.275. The Bertz CT molecular complexity index is 425. The highest BCUT2D eigenvalue weighted by Gasteiger charge is 2.38. The van der Waals surface area contributed by atoms with Crippen LogP contribution in [-0.2, 0) is 5.41 Å². The average Bonchev–Trinajstić information content (AvgIpc) is 2.38. The Morgan fingerprint density at radius 1 is 1.11 bits per heavy atom. The first kappa shape index (κ1) is 14.2. The van der Waals surface area contributed by atoms with Crippen molar-refractivity contribution in [2.24, 2.45) is 5.73 Å². The maximum Gasteiger partial charge on any atom is 0.573 e. The normalized spacial score (nSPS) is 19.2. The lowest BCUT2D eigenvalue weighted by Crippen LogP contribution is -2.38. The molecule has 2 N–H and O–H groups in total. The van der Waals surface area contributed by atoms with E-state index in [9.17, 15) is 13.2 Å². The van der Waals surface area contributed by atoms with Crippen molar-refractivity contribution in [1.82, 2.24) is 0 Å². The Morgan fingerprint density at radius 2 is 1.74 bits per heavy atom. The van der Waals surface area contributed by atoms with Crippen molar-refractivity contribution in [3.63, 3.8) is 0 Å². The molecule has 0 unspecified atom stereocenters. The molecule has 0 heterocycles. The lowest BCUT2D eigenvalue weighted by Gasteiger charge is -2.37. The summed E-state index contributed by atoms with van der Waals surface area (Å²) in [5.41, 5.74) is 6.08. The van der Waals surface area contributed by atoms with E-state index in [0.717, 1.165) is 32.1 Å². The van der Waals surface area contributed by atoms with Crippen molar-refractivity contribution in [1.29, 1.82) is 0 Å². The van der Waals surface area contributed by atoms with Crippen LogP contribution in [0.4, 0.5) is 13.2 Å². The minimum atomic E-state index is -4.67. The van der Waals surface area contributed by atoms with Crippen LogP contribution in [0.25, 0.3) is 0 Å². The van der Waals surface area contributed by atoms with Gasteiger partial charge in [-0.25, -0.2) is 0 Å². The Labute approximate surface area is 110 Å². The van der Waals surface area contributed by atoms with E-state index >= 15 is 0 Å². The summed E-state index contributed by atoms with van der Waals surface area (Å²) in [7, 11) is 0. The number of halogens is 3. The minimum Gasteiger partial charge on any atom is -0.405 e. The molecule has 2 nitrogen and oxygen atoms in total. The molecule has 1 aromatic carbocycles. The second-order valence-corrected chi connectivity index (χ2v) is 5.09. The molecule has 0 aromatic heterocycles. The molecule has 5 heteroatoms. The highest BCUT2D eigenvalue weighted by molar-refractivity contribution is 5.40. The summed E-state index contributed by atoms with van der Waals surface area (Å²) in [4.78, 5) is 0. The first-order chi connectivity index (χ1) is 8.97. The topological polar surface area (TPSA) is 35.2 Å². The van der Waals surface area contributed by atoms with Crippen LogP contribution in [0, 0.1) is 0 Å². The van der Waals surface area contributed by atoms with Crippen molar-refractivity contribution < 1.29 is 17.9 Å². The third-order valence-corrected chi connectivity index (χ3v) is 3.89. The van der Waals surface area contributed by atoms with Gasteiger partial charge in [-0.3, -0.25) is 0 Å². The van der Waals surface area contributed by atoms with E-state index in [1.54, 1.807) is 18.2 Å². The monoisotopic (exact) mass is 273 g/mol. The van der Waals surface area contributed by atoms with Gasteiger partial charge in [0, 0.05) is 17.5 Å². The molecular formula is C14H18F3NO. The van der Waals surface area contributed by atoms with E-state index in [0.29, 0.717) is 12.1 Å². The summed E-state index contributed by atoms with van der Waals surface area (Å²) in [6.07, 6.45) is 0.0865. The molecule has 0 bridgehead atoms. The fourth-order valence-corrected chi connectivity index (χ4v) is 2.93. The molecule has 0 amide bonds. The molecule has 1 saturated carbocycles. The molecular weight excluding hydrogens is 255 g/mol. The number of rotatable bonds is 3. The van der Waals surface area contributed by atoms with Crippen LogP contribution >= 0.6 is 0 Å². The zero-order valence-corrected chi connectivity index (χ0v) is 10.7. The van der Waals surface area contributed by atoms with E-state index < -0.39 is 6.36 Å². The van der Waals surface area contributed by atoms with Crippen molar-refractivity contribution in [2.45, 2.75) is 43.9 Å². The molecule has 0 aliphatic heterocycles. The summed E-state index contributed by atoms with van der Waals surface area (Å²) in [6, 6.07) is 6.37. The number of benzene rings is 1. The average molecular weight is 273 g/mol. The number of nitrogens with two attached hydrogens (primary N) is 1. The van der Waals surface area contributed by atoms with Crippen molar-refractivity contribution >= 4 is 0 Å². The Kier molecular flexibility index (Phi) is 4.04. The first-order valence-corrected chi connectivity index (χ1v) is 6.52. The number of para-hydroxylation sites is 1. The van der Waals surface area contributed by atoms with Gasteiger partial charge in [-0.15, -0.1) is 13.2 Å². The van der Waals surface area contributed by atoms with E-state index in [-0.39, 0.29) is 11.2 Å². The number of alkyl halides is 3. The zero-order valence-electron chi connectivity index (χ0n) is 10.7. The van der Waals surface area contributed by atoms with Gasteiger partial charge in [0.2, 0.25) is 0 Å². The molecule has 1 aliphatic rings.